The Balaban J connectivity index is 3.11. The Labute approximate surface area is 48.1 Å². The van der Waals surface area contributed by atoms with Gasteiger partial charge in [0.2, 0.25) is 5.91 Å². The molecule has 0 bridgehead atoms. The van der Waals surface area contributed by atoms with Crippen molar-refractivity contribution in [1.29, 1.82) is 0 Å². The first-order valence-electron chi connectivity index (χ1n) is 2.37. The molecular weight excluding hydrogens is 106 g/mol. The van der Waals surface area contributed by atoms with Crippen molar-refractivity contribution in [3.63, 3.8) is 0 Å². The number of hydrogen-bond acceptors (Lipinski definition) is 2. The second-order valence-corrected chi connectivity index (χ2v) is 1.32. The van der Waals surface area contributed by atoms with Crippen LogP contribution in [0.1, 0.15) is 12.8 Å². The topological polar surface area (TPSA) is 46.2 Å². The lowest BCUT2D eigenvalue weighted by molar-refractivity contribution is -0.120. The lowest BCUT2D eigenvalue weighted by Crippen LogP contribution is -2.16. The monoisotopic (exact) mass is 114 g/mol. The van der Waals surface area contributed by atoms with Crippen LogP contribution in [0.5, 0.6) is 0 Å². The van der Waals surface area contributed by atoms with Gasteiger partial charge in [-0.2, -0.15) is 0 Å². The third-order valence-electron chi connectivity index (χ3n) is 0.733. The van der Waals surface area contributed by atoms with Crippen LogP contribution in [0.4, 0.5) is 0 Å². The van der Waals surface area contributed by atoms with Crippen LogP contribution in [-0.2, 0) is 9.59 Å². The Kier molecular flexibility index (Phi) is 3.84. The average Bonchev–Trinajstić information content (AvgIpc) is 1.83. The van der Waals surface area contributed by atoms with Gasteiger partial charge in [0.15, 0.2) is 6.29 Å². The van der Waals surface area contributed by atoms with Gasteiger partial charge in [0.25, 0.3) is 0 Å². The lowest BCUT2D eigenvalue weighted by Gasteiger charge is -1.90. The van der Waals surface area contributed by atoms with E-state index in [0.29, 0.717) is 0 Å². The molecule has 1 amide bonds. The fourth-order valence-electron chi connectivity index (χ4n) is 0.290. The van der Waals surface area contributed by atoms with Crippen molar-refractivity contribution in [3.8, 4) is 0 Å². The van der Waals surface area contributed by atoms with Gasteiger partial charge in [-0.3, -0.25) is 9.59 Å². The summed E-state index contributed by atoms with van der Waals surface area (Å²) in [4.78, 5) is 19.8. The zero-order valence-corrected chi connectivity index (χ0v) is 4.73. The SMILES string of the molecule is CNC(=O)CC[C]=O. The third-order valence-corrected chi connectivity index (χ3v) is 0.733. The standard InChI is InChI=1S/C5H8NO2/c1-6-5(8)3-2-4-7/h2-3H2,1H3,(H,6,8). The summed E-state index contributed by atoms with van der Waals surface area (Å²) in [5.74, 6) is -0.117. The van der Waals surface area contributed by atoms with E-state index < -0.39 is 0 Å². The molecular formula is C5H8NO2. The second kappa shape index (κ2) is 4.30. The van der Waals surface area contributed by atoms with E-state index in [1.54, 1.807) is 6.29 Å². The molecule has 3 nitrogen and oxygen atoms in total. The maximum absolute atomic E-state index is 10.3. The number of rotatable bonds is 3. The molecule has 0 heterocycles. The molecule has 0 spiro atoms. The Morgan fingerprint density at radius 1 is 1.75 bits per heavy atom. The van der Waals surface area contributed by atoms with Crippen LogP contribution in [0.2, 0.25) is 0 Å². The quantitative estimate of drug-likeness (QED) is 0.543. The molecule has 0 aliphatic heterocycles. The lowest BCUT2D eigenvalue weighted by atomic mass is 10.3. The van der Waals surface area contributed by atoms with Gasteiger partial charge < -0.3 is 5.32 Å². The summed E-state index contributed by atoms with van der Waals surface area (Å²) in [5, 5.41) is 2.38. The average molecular weight is 114 g/mol. The van der Waals surface area contributed by atoms with Gasteiger partial charge >= 0.3 is 0 Å². The van der Waals surface area contributed by atoms with Crippen LogP contribution < -0.4 is 5.32 Å². The van der Waals surface area contributed by atoms with Crippen molar-refractivity contribution >= 4 is 12.2 Å². The van der Waals surface area contributed by atoms with E-state index in [0.717, 1.165) is 0 Å². The number of hydrogen-bond donors (Lipinski definition) is 1. The zero-order chi connectivity index (χ0) is 6.41. The number of nitrogens with one attached hydrogen (secondary N) is 1. The molecule has 0 rings (SSSR count). The summed E-state index contributed by atoms with van der Waals surface area (Å²) in [6.07, 6.45) is 2.07. The number of amides is 1. The number of carbonyl (C=O) groups is 1. The highest BCUT2D eigenvalue weighted by Gasteiger charge is 1.93. The Morgan fingerprint density at radius 3 is 2.75 bits per heavy atom. The highest BCUT2D eigenvalue weighted by atomic mass is 16.1. The van der Waals surface area contributed by atoms with E-state index in [1.807, 2.05) is 0 Å². The predicted octanol–water partition coefficient (Wildman–Crippen LogP) is -0.378. The van der Waals surface area contributed by atoms with E-state index >= 15 is 0 Å². The minimum atomic E-state index is -0.117. The van der Waals surface area contributed by atoms with E-state index in [4.69, 9.17) is 0 Å². The van der Waals surface area contributed by atoms with Gasteiger partial charge in [0, 0.05) is 19.9 Å². The minimum Gasteiger partial charge on any atom is -0.359 e. The molecule has 0 aliphatic carbocycles. The second-order valence-electron chi connectivity index (χ2n) is 1.32. The van der Waals surface area contributed by atoms with Crippen LogP contribution in [0.3, 0.4) is 0 Å². The number of carbonyl (C=O) groups excluding carboxylic acids is 2. The predicted molar refractivity (Wildman–Crippen MR) is 29.0 cm³/mol. The first-order chi connectivity index (χ1) is 3.81. The fourth-order valence-corrected chi connectivity index (χ4v) is 0.290. The van der Waals surface area contributed by atoms with Crippen LogP contribution in [-0.4, -0.2) is 19.2 Å². The van der Waals surface area contributed by atoms with Gasteiger partial charge in [0.1, 0.15) is 0 Å². The van der Waals surface area contributed by atoms with E-state index in [1.165, 1.54) is 7.05 Å². The maximum atomic E-state index is 10.3. The summed E-state index contributed by atoms with van der Waals surface area (Å²) in [7, 11) is 1.53. The minimum absolute atomic E-state index is 0.117. The molecule has 0 unspecified atom stereocenters. The summed E-state index contributed by atoms with van der Waals surface area (Å²) in [6, 6.07) is 0. The molecule has 0 aromatic heterocycles. The van der Waals surface area contributed by atoms with Crippen molar-refractivity contribution in [3.05, 3.63) is 0 Å². The normalized spacial score (nSPS) is 8.12. The summed E-state index contributed by atoms with van der Waals surface area (Å²) in [5.41, 5.74) is 0. The molecule has 0 atom stereocenters. The molecule has 0 saturated carbocycles. The van der Waals surface area contributed by atoms with Crippen molar-refractivity contribution in [2.45, 2.75) is 12.8 Å². The molecule has 0 aromatic carbocycles. The molecule has 45 valence electrons. The third kappa shape index (κ3) is 3.33. The van der Waals surface area contributed by atoms with E-state index in [2.05, 4.69) is 5.32 Å². The first kappa shape index (κ1) is 7.14. The van der Waals surface area contributed by atoms with Gasteiger partial charge in [-0.05, 0) is 0 Å². The van der Waals surface area contributed by atoms with Crippen molar-refractivity contribution in [2.75, 3.05) is 7.05 Å². The molecule has 3 heteroatoms. The van der Waals surface area contributed by atoms with Gasteiger partial charge in [0.05, 0.1) is 0 Å². The Morgan fingerprint density at radius 2 is 2.38 bits per heavy atom. The van der Waals surface area contributed by atoms with Crippen molar-refractivity contribution in [2.24, 2.45) is 0 Å². The molecule has 0 aliphatic rings. The molecule has 1 N–H and O–H groups in total. The maximum Gasteiger partial charge on any atom is 0.220 e. The molecule has 0 fully saturated rings. The van der Waals surface area contributed by atoms with Crippen LogP contribution in [0.15, 0.2) is 0 Å². The van der Waals surface area contributed by atoms with E-state index in [-0.39, 0.29) is 18.7 Å². The smallest absolute Gasteiger partial charge is 0.220 e. The molecule has 8 heavy (non-hydrogen) atoms. The highest BCUT2D eigenvalue weighted by molar-refractivity contribution is 5.77. The van der Waals surface area contributed by atoms with Gasteiger partial charge in [-0.1, -0.05) is 0 Å². The van der Waals surface area contributed by atoms with Crippen LogP contribution in [0.25, 0.3) is 0 Å². The summed E-state index contributed by atoms with van der Waals surface area (Å²) in [6.45, 7) is 0. The van der Waals surface area contributed by atoms with Gasteiger partial charge in [-0.15, -0.1) is 0 Å². The Hall–Kier alpha value is -0.860. The van der Waals surface area contributed by atoms with Crippen molar-refractivity contribution < 1.29 is 9.59 Å². The van der Waals surface area contributed by atoms with Crippen LogP contribution in [0, 0.1) is 0 Å². The fraction of sp³-hybridized carbons (Fsp3) is 0.600. The van der Waals surface area contributed by atoms with Crippen LogP contribution >= 0.6 is 0 Å². The molecule has 1 radical (unpaired) electrons. The molecule has 0 aromatic rings. The Bertz CT molecular complexity index is 90.4. The van der Waals surface area contributed by atoms with Crippen molar-refractivity contribution in [1.82, 2.24) is 5.32 Å². The zero-order valence-electron chi connectivity index (χ0n) is 4.73. The van der Waals surface area contributed by atoms with E-state index in [9.17, 15) is 9.59 Å². The summed E-state index contributed by atoms with van der Waals surface area (Å²) >= 11 is 0. The molecule has 0 saturated heterocycles. The largest absolute Gasteiger partial charge is 0.359 e. The summed E-state index contributed by atoms with van der Waals surface area (Å²) < 4.78 is 0. The van der Waals surface area contributed by atoms with Gasteiger partial charge in [-0.25, -0.2) is 0 Å². The first-order valence-corrected chi connectivity index (χ1v) is 2.37. The highest BCUT2D eigenvalue weighted by Crippen LogP contribution is 1.80.